The fourth-order valence-corrected chi connectivity index (χ4v) is 9.14. The Hall–Kier alpha value is -0.330. The van der Waals surface area contributed by atoms with Crippen LogP contribution in [0.15, 0.2) is 0 Å². The number of alkyl halides is 3. The molecule has 4 fully saturated rings. The molecule has 0 saturated heterocycles. The van der Waals surface area contributed by atoms with Crippen LogP contribution in [0.4, 0.5) is 13.2 Å². The SMILES string of the molecule is COC[C@]1(O)CC[C@@]2(C)[C@H](CC[C@@H]3[C@@H]2CC[C@]2(C)[C@@H]([C@H](C)C(O)C(F)(F)F)CC[C@@H]32)C1. The molecule has 6 heteroatoms. The van der Waals surface area contributed by atoms with Crippen molar-refractivity contribution in [1.29, 1.82) is 0 Å². The van der Waals surface area contributed by atoms with E-state index in [1.165, 1.54) is 0 Å². The van der Waals surface area contributed by atoms with Crippen molar-refractivity contribution >= 4 is 0 Å². The smallest absolute Gasteiger partial charge is 0.387 e. The quantitative estimate of drug-likeness (QED) is 0.593. The van der Waals surface area contributed by atoms with Gasteiger partial charge in [0.15, 0.2) is 6.10 Å². The maximum absolute atomic E-state index is 13.2. The number of hydrogen-bond acceptors (Lipinski definition) is 3. The molecule has 3 nitrogen and oxygen atoms in total. The molecular weight excluding hydrogens is 405 g/mol. The van der Waals surface area contributed by atoms with Crippen molar-refractivity contribution in [2.75, 3.05) is 13.7 Å². The predicted octanol–water partition coefficient (Wildman–Crippen LogP) is 5.58. The van der Waals surface area contributed by atoms with Crippen LogP contribution in [0.2, 0.25) is 0 Å². The van der Waals surface area contributed by atoms with Crippen molar-refractivity contribution in [3.8, 4) is 0 Å². The number of rotatable bonds is 4. The highest BCUT2D eigenvalue weighted by atomic mass is 19.4. The molecule has 1 unspecified atom stereocenters. The van der Waals surface area contributed by atoms with Crippen molar-refractivity contribution < 1.29 is 28.1 Å². The van der Waals surface area contributed by atoms with Crippen LogP contribution >= 0.6 is 0 Å². The van der Waals surface area contributed by atoms with E-state index in [9.17, 15) is 23.4 Å². The lowest BCUT2D eigenvalue weighted by Crippen LogP contribution is -2.57. The molecule has 0 aromatic rings. The molecule has 0 aromatic heterocycles. The molecule has 0 heterocycles. The zero-order valence-corrected chi connectivity index (χ0v) is 19.5. The molecule has 0 aliphatic heterocycles. The maximum atomic E-state index is 13.2. The second-order valence-electron chi connectivity index (χ2n) is 12.1. The number of aliphatic hydroxyl groups excluding tert-OH is 1. The summed E-state index contributed by atoms with van der Waals surface area (Å²) in [5.41, 5.74) is -0.614. The van der Waals surface area contributed by atoms with Gasteiger partial charge in [0.2, 0.25) is 0 Å². The molecule has 2 N–H and O–H groups in total. The fourth-order valence-electron chi connectivity index (χ4n) is 9.14. The van der Waals surface area contributed by atoms with Crippen LogP contribution < -0.4 is 0 Å². The minimum Gasteiger partial charge on any atom is -0.387 e. The van der Waals surface area contributed by atoms with Gasteiger partial charge in [0.25, 0.3) is 0 Å². The summed E-state index contributed by atoms with van der Waals surface area (Å²) in [5.74, 6) is 1.29. The molecule has 4 rings (SSSR count). The summed E-state index contributed by atoms with van der Waals surface area (Å²) in [6.07, 6.45) is 1.86. The van der Waals surface area contributed by atoms with E-state index >= 15 is 0 Å². The lowest BCUT2D eigenvalue weighted by molar-refractivity contribution is -0.228. The number of ether oxygens (including phenoxy) is 1. The summed E-state index contributed by atoms with van der Waals surface area (Å²) >= 11 is 0. The summed E-state index contributed by atoms with van der Waals surface area (Å²) in [5, 5.41) is 21.0. The minimum absolute atomic E-state index is 0.0706. The van der Waals surface area contributed by atoms with Crippen molar-refractivity contribution in [2.45, 2.75) is 96.4 Å². The van der Waals surface area contributed by atoms with Crippen LogP contribution in [0.5, 0.6) is 0 Å². The van der Waals surface area contributed by atoms with Gasteiger partial charge in [-0.3, -0.25) is 0 Å². The second-order valence-corrected chi connectivity index (χ2v) is 12.1. The summed E-state index contributed by atoms with van der Waals surface area (Å²) in [7, 11) is 1.65. The Morgan fingerprint density at radius 2 is 1.65 bits per heavy atom. The summed E-state index contributed by atoms with van der Waals surface area (Å²) in [6, 6.07) is 0. The standard InChI is InChI=1S/C25H41F3O3/c1-15(21(29)25(26,27)28)18-7-8-19-17-6-5-16-13-24(30,14-31-4)12-11-22(16,2)20(17)9-10-23(18,19)3/h15-21,29-30H,5-14H2,1-4H3/t15-,16+,17-,18+,19-,20-,21?,22-,23+,24-/m0/s1. The molecule has 4 aliphatic carbocycles. The zero-order chi connectivity index (χ0) is 22.8. The van der Waals surface area contributed by atoms with Gasteiger partial charge in [-0.2, -0.15) is 13.2 Å². The first-order valence-corrected chi connectivity index (χ1v) is 12.3. The Morgan fingerprint density at radius 1 is 0.968 bits per heavy atom. The lowest BCUT2D eigenvalue weighted by Gasteiger charge is -2.62. The zero-order valence-electron chi connectivity index (χ0n) is 19.5. The number of fused-ring (bicyclic) bond motifs is 5. The summed E-state index contributed by atoms with van der Waals surface area (Å²) in [6.45, 7) is 6.65. The third-order valence-corrected chi connectivity index (χ3v) is 10.8. The highest BCUT2D eigenvalue weighted by Gasteiger charge is 2.62. The van der Waals surface area contributed by atoms with E-state index in [0.717, 1.165) is 57.8 Å². The number of aliphatic hydroxyl groups is 2. The van der Waals surface area contributed by atoms with Crippen LogP contribution in [-0.2, 0) is 4.74 Å². The Morgan fingerprint density at radius 3 is 2.29 bits per heavy atom. The van der Waals surface area contributed by atoms with E-state index in [1.54, 1.807) is 14.0 Å². The molecule has 0 amide bonds. The fraction of sp³-hybridized carbons (Fsp3) is 1.00. The average molecular weight is 447 g/mol. The third-order valence-electron chi connectivity index (χ3n) is 10.8. The van der Waals surface area contributed by atoms with E-state index in [-0.39, 0.29) is 16.7 Å². The number of methoxy groups -OCH3 is 1. The molecule has 0 aromatic carbocycles. The van der Waals surface area contributed by atoms with Crippen LogP contribution in [-0.4, -0.2) is 41.8 Å². The first kappa shape index (κ1) is 23.8. The van der Waals surface area contributed by atoms with Crippen molar-refractivity contribution in [3.05, 3.63) is 0 Å². The van der Waals surface area contributed by atoms with Gasteiger partial charge in [0, 0.05) is 7.11 Å². The number of halogens is 3. The molecule has 4 aliphatic rings. The van der Waals surface area contributed by atoms with E-state index in [2.05, 4.69) is 13.8 Å². The normalized spacial score (nSPS) is 49.6. The monoisotopic (exact) mass is 446 g/mol. The van der Waals surface area contributed by atoms with Crippen molar-refractivity contribution in [1.82, 2.24) is 0 Å². The van der Waals surface area contributed by atoms with Gasteiger partial charge >= 0.3 is 6.18 Å². The summed E-state index contributed by atoms with van der Waals surface area (Å²) in [4.78, 5) is 0. The molecule has 0 spiro atoms. The second kappa shape index (κ2) is 7.87. The van der Waals surface area contributed by atoms with Gasteiger partial charge in [0.1, 0.15) is 0 Å². The molecular formula is C25H41F3O3. The first-order chi connectivity index (χ1) is 14.4. The Bertz CT molecular complexity index is 669. The van der Waals surface area contributed by atoms with Crippen molar-refractivity contribution in [2.24, 2.45) is 46.3 Å². The molecule has 180 valence electrons. The number of hydrogen-bond donors (Lipinski definition) is 2. The Balaban J connectivity index is 1.53. The topological polar surface area (TPSA) is 49.7 Å². The van der Waals surface area contributed by atoms with Gasteiger partial charge in [-0.1, -0.05) is 20.8 Å². The van der Waals surface area contributed by atoms with Crippen LogP contribution in [0.1, 0.15) is 78.6 Å². The van der Waals surface area contributed by atoms with Gasteiger partial charge in [-0.05, 0) is 104 Å². The molecule has 0 bridgehead atoms. The highest BCUT2D eigenvalue weighted by Crippen LogP contribution is 2.69. The molecule has 4 saturated carbocycles. The summed E-state index contributed by atoms with van der Waals surface area (Å²) < 4.78 is 45.0. The van der Waals surface area contributed by atoms with Crippen molar-refractivity contribution in [3.63, 3.8) is 0 Å². The first-order valence-electron chi connectivity index (χ1n) is 12.3. The Kier molecular flexibility index (Phi) is 6.05. The molecule has 10 atom stereocenters. The molecule has 31 heavy (non-hydrogen) atoms. The van der Waals surface area contributed by atoms with Crippen LogP contribution in [0.3, 0.4) is 0 Å². The van der Waals surface area contributed by atoms with Gasteiger partial charge in [-0.25, -0.2) is 0 Å². The largest absolute Gasteiger partial charge is 0.414 e. The van der Waals surface area contributed by atoms with E-state index in [4.69, 9.17) is 4.74 Å². The van der Waals surface area contributed by atoms with Gasteiger partial charge in [-0.15, -0.1) is 0 Å². The van der Waals surface area contributed by atoms with Crippen LogP contribution in [0, 0.1) is 46.3 Å². The lowest BCUT2D eigenvalue weighted by atomic mass is 9.43. The minimum atomic E-state index is -4.54. The van der Waals surface area contributed by atoms with E-state index in [1.807, 2.05) is 0 Å². The Labute approximate surface area is 185 Å². The van der Waals surface area contributed by atoms with E-state index < -0.39 is 23.8 Å². The maximum Gasteiger partial charge on any atom is 0.414 e. The van der Waals surface area contributed by atoms with E-state index in [0.29, 0.717) is 30.3 Å². The molecule has 0 radical (unpaired) electrons. The van der Waals surface area contributed by atoms with Gasteiger partial charge in [0.05, 0.1) is 12.2 Å². The predicted molar refractivity (Wildman–Crippen MR) is 113 cm³/mol. The highest BCUT2D eigenvalue weighted by molar-refractivity contribution is 5.11. The van der Waals surface area contributed by atoms with Gasteiger partial charge < -0.3 is 14.9 Å². The average Bonchev–Trinajstić information content (AvgIpc) is 3.04. The van der Waals surface area contributed by atoms with Crippen LogP contribution in [0.25, 0.3) is 0 Å². The third kappa shape index (κ3) is 3.77.